The Bertz CT molecular complexity index is 354. The number of aliphatic hydroxyl groups excluding tert-OH is 5. The van der Waals surface area contributed by atoms with Gasteiger partial charge in [0.05, 0.1) is 25.9 Å². The van der Waals surface area contributed by atoms with Crippen LogP contribution in [0.3, 0.4) is 0 Å². The Morgan fingerprint density at radius 1 is 1.04 bits per heavy atom. The van der Waals surface area contributed by atoms with Crippen molar-refractivity contribution >= 4 is 5.97 Å². The van der Waals surface area contributed by atoms with Crippen molar-refractivity contribution < 1.29 is 39.8 Å². The van der Waals surface area contributed by atoms with Crippen molar-refractivity contribution in [1.29, 1.82) is 0 Å². The summed E-state index contributed by atoms with van der Waals surface area (Å²) in [5.74, 6) is -0.651. The van der Waals surface area contributed by atoms with Gasteiger partial charge in [-0.1, -0.05) is 6.42 Å². The third kappa shape index (κ3) is 5.96. The van der Waals surface area contributed by atoms with Crippen LogP contribution >= 0.6 is 0 Å². The van der Waals surface area contributed by atoms with Gasteiger partial charge in [-0.05, 0) is 19.3 Å². The van der Waals surface area contributed by atoms with E-state index in [4.69, 9.17) is 25.4 Å². The standard InChI is InChI=1S/C14H27NO8/c15-8(6-16)14(21)22-5-3-1-2-4-9-11(18)13(20)12(19)10(7-17)23-9/h8-13,16-20H,1-7,15H2/t8-,9?,10+,11-,12-,13+/m0/s1. The molecule has 9 nitrogen and oxygen atoms in total. The fourth-order valence-electron chi connectivity index (χ4n) is 2.40. The van der Waals surface area contributed by atoms with Crippen LogP contribution in [0.25, 0.3) is 0 Å². The van der Waals surface area contributed by atoms with Gasteiger partial charge in [-0.15, -0.1) is 0 Å². The Kier molecular flexibility index (Phi) is 8.92. The smallest absolute Gasteiger partial charge is 0.325 e. The normalized spacial score (nSPS) is 32.5. The van der Waals surface area contributed by atoms with Gasteiger partial charge in [0.25, 0.3) is 0 Å². The quantitative estimate of drug-likeness (QED) is 0.193. The molecule has 1 heterocycles. The second kappa shape index (κ2) is 10.1. The number of unbranched alkanes of at least 4 members (excludes halogenated alkanes) is 2. The van der Waals surface area contributed by atoms with Crippen LogP contribution in [-0.2, 0) is 14.3 Å². The molecule has 0 radical (unpaired) electrons. The fourth-order valence-corrected chi connectivity index (χ4v) is 2.40. The molecule has 0 bridgehead atoms. The lowest BCUT2D eigenvalue weighted by atomic mass is 9.92. The SMILES string of the molecule is N[C@@H](CO)C(=O)OCCCCCC1O[C@H](CO)[C@H](O)[C@H](O)[C@H]1O. The van der Waals surface area contributed by atoms with Crippen LogP contribution < -0.4 is 5.73 Å². The zero-order valence-corrected chi connectivity index (χ0v) is 13.0. The number of hydrogen-bond acceptors (Lipinski definition) is 9. The summed E-state index contributed by atoms with van der Waals surface area (Å²) in [7, 11) is 0. The predicted octanol–water partition coefficient (Wildman–Crippen LogP) is -2.75. The maximum Gasteiger partial charge on any atom is 0.325 e. The molecule has 6 atom stereocenters. The van der Waals surface area contributed by atoms with Gasteiger partial charge in [-0.3, -0.25) is 4.79 Å². The summed E-state index contributed by atoms with van der Waals surface area (Å²) in [5.41, 5.74) is 5.29. The van der Waals surface area contributed by atoms with E-state index < -0.39 is 55.7 Å². The molecule has 0 aromatic carbocycles. The Morgan fingerprint density at radius 3 is 2.30 bits per heavy atom. The molecule has 7 N–H and O–H groups in total. The first kappa shape index (κ1) is 20.2. The third-order valence-electron chi connectivity index (χ3n) is 3.87. The highest BCUT2D eigenvalue weighted by atomic mass is 16.5. The van der Waals surface area contributed by atoms with Gasteiger partial charge in [0, 0.05) is 0 Å². The number of carbonyl (C=O) groups excluding carboxylic acids is 1. The maximum absolute atomic E-state index is 11.2. The first-order chi connectivity index (χ1) is 10.9. The Labute approximate surface area is 134 Å². The Morgan fingerprint density at radius 2 is 1.70 bits per heavy atom. The molecule has 136 valence electrons. The molecule has 1 saturated heterocycles. The molecule has 0 aromatic heterocycles. The van der Waals surface area contributed by atoms with E-state index in [1.807, 2.05) is 0 Å². The van der Waals surface area contributed by atoms with Crippen molar-refractivity contribution in [3.05, 3.63) is 0 Å². The molecule has 0 saturated carbocycles. The average molecular weight is 337 g/mol. The summed E-state index contributed by atoms with van der Waals surface area (Å²) in [5, 5.41) is 47.0. The highest BCUT2D eigenvalue weighted by Gasteiger charge is 2.42. The minimum Gasteiger partial charge on any atom is -0.464 e. The highest BCUT2D eigenvalue weighted by molar-refractivity contribution is 5.75. The molecule has 0 aromatic rings. The number of nitrogens with two attached hydrogens (primary N) is 1. The van der Waals surface area contributed by atoms with Crippen LogP contribution in [-0.4, -0.2) is 87.9 Å². The van der Waals surface area contributed by atoms with Crippen LogP contribution in [0.5, 0.6) is 0 Å². The van der Waals surface area contributed by atoms with E-state index >= 15 is 0 Å². The zero-order valence-electron chi connectivity index (χ0n) is 13.0. The van der Waals surface area contributed by atoms with Crippen LogP contribution in [0.2, 0.25) is 0 Å². The van der Waals surface area contributed by atoms with E-state index in [1.165, 1.54) is 0 Å². The zero-order chi connectivity index (χ0) is 17.4. The van der Waals surface area contributed by atoms with E-state index in [-0.39, 0.29) is 6.61 Å². The van der Waals surface area contributed by atoms with E-state index in [0.717, 1.165) is 0 Å². The third-order valence-corrected chi connectivity index (χ3v) is 3.87. The summed E-state index contributed by atoms with van der Waals surface area (Å²) in [6, 6.07) is -1.02. The molecule has 0 spiro atoms. The number of hydrogen-bond donors (Lipinski definition) is 6. The summed E-state index contributed by atoms with van der Waals surface area (Å²) in [6.07, 6.45) is -3.12. The summed E-state index contributed by atoms with van der Waals surface area (Å²) < 4.78 is 10.2. The maximum atomic E-state index is 11.2. The van der Waals surface area contributed by atoms with E-state index in [1.54, 1.807) is 0 Å². The van der Waals surface area contributed by atoms with E-state index in [2.05, 4.69) is 0 Å². The van der Waals surface area contributed by atoms with Gasteiger partial charge in [0.15, 0.2) is 0 Å². The monoisotopic (exact) mass is 337 g/mol. The van der Waals surface area contributed by atoms with Crippen molar-refractivity contribution in [2.24, 2.45) is 5.73 Å². The first-order valence-corrected chi connectivity index (χ1v) is 7.76. The molecule has 0 aliphatic carbocycles. The molecule has 0 amide bonds. The van der Waals surface area contributed by atoms with Crippen LogP contribution in [0.4, 0.5) is 0 Å². The highest BCUT2D eigenvalue weighted by Crippen LogP contribution is 2.24. The van der Waals surface area contributed by atoms with Gasteiger partial charge in [-0.25, -0.2) is 0 Å². The van der Waals surface area contributed by atoms with Crippen molar-refractivity contribution in [2.45, 2.75) is 62.2 Å². The van der Waals surface area contributed by atoms with Gasteiger partial charge in [0.2, 0.25) is 0 Å². The van der Waals surface area contributed by atoms with Crippen LogP contribution in [0.15, 0.2) is 0 Å². The average Bonchev–Trinajstić information content (AvgIpc) is 2.56. The van der Waals surface area contributed by atoms with Crippen molar-refractivity contribution in [3.63, 3.8) is 0 Å². The van der Waals surface area contributed by atoms with Crippen molar-refractivity contribution in [1.82, 2.24) is 0 Å². The molecule has 1 unspecified atom stereocenters. The Balaban J connectivity index is 2.21. The summed E-state index contributed by atoms with van der Waals surface area (Å²) in [6.45, 7) is -0.723. The second-order valence-corrected chi connectivity index (χ2v) is 5.67. The molecular weight excluding hydrogens is 310 g/mol. The largest absolute Gasteiger partial charge is 0.464 e. The fraction of sp³-hybridized carbons (Fsp3) is 0.929. The summed E-state index contributed by atoms with van der Waals surface area (Å²) in [4.78, 5) is 11.2. The van der Waals surface area contributed by atoms with Gasteiger partial charge in [-0.2, -0.15) is 0 Å². The molecule has 1 aliphatic heterocycles. The molecule has 1 rings (SSSR count). The number of aliphatic hydroxyl groups is 5. The number of carbonyl (C=O) groups is 1. The lowest BCUT2D eigenvalue weighted by molar-refractivity contribution is -0.230. The lowest BCUT2D eigenvalue weighted by Gasteiger charge is -2.40. The minimum atomic E-state index is -1.35. The lowest BCUT2D eigenvalue weighted by Crippen LogP contribution is -2.58. The molecule has 9 heteroatoms. The number of ether oxygens (including phenoxy) is 2. The molecular formula is C14H27NO8. The van der Waals surface area contributed by atoms with Gasteiger partial charge < -0.3 is 40.7 Å². The van der Waals surface area contributed by atoms with Crippen molar-refractivity contribution in [3.8, 4) is 0 Å². The number of rotatable bonds is 9. The van der Waals surface area contributed by atoms with E-state index in [9.17, 15) is 20.1 Å². The van der Waals surface area contributed by atoms with Gasteiger partial charge >= 0.3 is 5.97 Å². The topological polar surface area (TPSA) is 163 Å². The molecule has 23 heavy (non-hydrogen) atoms. The molecule has 1 fully saturated rings. The van der Waals surface area contributed by atoms with Crippen LogP contribution in [0.1, 0.15) is 25.7 Å². The number of esters is 1. The summed E-state index contributed by atoms with van der Waals surface area (Å²) >= 11 is 0. The van der Waals surface area contributed by atoms with Crippen LogP contribution in [0, 0.1) is 0 Å². The molecule has 1 aliphatic rings. The first-order valence-electron chi connectivity index (χ1n) is 7.76. The minimum absolute atomic E-state index is 0.182. The van der Waals surface area contributed by atoms with Gasteiger partial charge in [0.1, 0.15) is 30.5 Å². The van der Waals surface area contributed by atoms with E-state index in [0.29, 0.717) is 25.7 Å². The Hall–Kier alpha value is -0.810. The second-order valence-electron chi connectivity index (χ2n) is 5.67. The van der Waals surface area contributed by atoms with Crippen molar-refractivity contribution in [2.75, 3.05) is 19.8 Å². The predicted molar refractivity (Wildman–Crippen MR) is 78.3 cm³/mol.